The Balaban J connectivity index is 1.78. The molecule has 1 aliphatic heterocycles. The number of aromatic nitrogens is 2. The summed E-state index contributed by atoms with van der Waals surface area (Å²) in [6.45, 7) is 3.04. The molecule has 1 atom stereocenters. The van der Waals surface area contributed by atoms with Crippen LogP contribution in [0.15, 0.2) is 12.4 Å². The molecule has 0 spiro atoms. The van der Waals surface area contributed by atoms with Gasteiger partial charge in [-0.2, -0.15) is 0 Å². The van der Waals surface area contributed by atoms with Crippen molar-refractivity contribution in [3.8, 4) is 5.88 Å². The first-order valence-corrected chi connectivity index (χ1v) is 6.78. The number of ether oxygens (including phenoxy) is 1. The van der Waals surface area contributed by atoms with Gasteiger partial charge in [0, 0.05) is 25.2 Å². The van der Waals surface area contributed by atoms with Gasteiger partial charge in [-0.3, -0.25) is 4.90 Å². The minimum Gasteiger partial charge on any atom is -0.481 e. The molecule has 19 heavy (non-hydrogen) atoms. The number of anilines is 1. The SMILES string of the molecule is COc1cc(NCCN2CCCCC2CO)ncn1. The summed E-state index contributed by atoms with van der Waals surface area (Å²) >= 11 is 0. The Bertz CT molecular complexity index is 389. The monoisotopic (exact) mass is 266 g/mol. The van der Waals surface area contributed by atoms with Crippen LogP contribution in [0.5, 0.6) is 5.88 Å². The summed E-state index contributed by atoms with van der Waals surface area (Å²) < 4.78 is 5.05. The third kappa shape index (κ3) is 4.04. The maximum Gasteiger partial charge on any atom is 0.218 e. The lowest BCUT2D eigenvalue weighted by Crippen LogP contribution is -2.44. The van der Waals surface area contributed by atoms with Crippen molar-refractivity contribution in [3.63, 3.8) is 0 Å². The van der Waals surface area contributed by atoms with E-state index in [1.807, 2.05) is 0 Å². The molecule has 0 aromatic carbocycles. The molecule has 0 aliphatic carbocycles. The van der Waals surface area contributed by atoms with Crippen LogP contribution in [0.2, 0.25) is 0 Å². The number of hydrogen-bond acceptors (Lipinski definition) is 6. The van der Waals surface area contributed by atoms with Crippen LogP contribution in [-0.4, -0.2) is 59.4 Å². The molecule has 2 rings (SSSR count). The molecule has 0 bridgehead atoms. The fourth-order valence-electron chi connectivity index (χ4n) is 2.44. The Morgan fingerprint density at radius 1 is 1.47 bits per heavy atom. The fourth-order valence-corrected chi connectivity index (χ4v) is 2.44. The zero-order valence-corrected chi connectivity index (χ0v) is 11.4. The minimum absolute atomic E-state index is 0.251. The van der Waals surface area contributed by atoms with Crippen LogP contribution in [0.25, 0.3) is 0 Å². The highest BCUT2D eigenvalue weighted by molar-refractivity contribution is 5.36. The molecule has 1 aromatic heterocycles. The quantitative estimate of drug-likeness (QED) is 0.791. The summed E-state index contributed by atoms with van der Waals surface area (Å²) in [5, 5.41) is 12.6. The molecular formula is C13H22N4O2. The standard InChI is InChI=1S/C13H22N4O2/c1-19-13-8-12(15-10-16-13)14-5-7-17-6-3-2-4-11(17)9-18/h8,10-11,18H,2-7,9H2,1H3,(H,14,15,16). The van der Waals surface area contributed by atoms with E-state index in [4.69, 9.17) is 4.74 Å². The molecule has 6 heteroatoms. The first kappa shape index (κ1) is 14.0. The number of nitrogens with one attached hydrogen (secondary N) is 1. The van der Waals surface area contributed by atoms with Gasteiger partial charge in [0.2, 0.25) is 5.88 Å². The van der Waals surface area contributed by atoms with Gasteiger partial charge < -0.3 is 15.2 Å². The number of piperidine rings is 1. The van der Waals surface area contributed by atoms with E-state index >= 15 is 0 Å². The van der Waals surface area contributed by atoms with Gasteiger partial charge in [0.15, 0.2) is 0 Å². The lowest BCUT2D eigenvalue weighted by atomic mass is 10.0. The molecule has 1 aliphatic rings. The number of aliphatic hydroxyl groups excluding tert-OH is 1. The number of nitrogens with zero attached hydrogens (tertiary/aromatic N) is 3. The summed E-state index contributed by atoms with van der Waals surface area (Å²) in [5.41, 5.74) is 0. The molecule has 2 N–H and O–H groups in total. The smallest absolute Gasteiger partial charge is 0.218 e. The molecule has 1 aromatic rings. The van der Waals surface area contributed by atoms with E-state index in [0.717, 1.165) is 31.9 Å². The molecule has 0 radical (unpaired) electrons. The van der Waals surface area contributed by atoms with Crippen molar-refractivity contribution in [1.82, 2.24) is 14.9 Å². The second-order valence-corrected chi connectivity index (χ2v) is 4.74. The summed E-state index contributed by atoms with van der Waals surface area (Å²) in [4.78, 5) is 10.4. The molecule has 1 saturated heterocycles. The van der Waals surface area contributed by atoms with Crippen LogP contribution >= 0.6 is 0 Å². The zero-order valence-electron chi connectivity index (χ0n) is 11.4. The Labute approximate surface area is 113 Å². The molecule has 1 fully saturated rings. The van der Waals surface area contributed by atoms with Gasteiger partial charge in [0.25, 0.3) is 0 Å². The Morgan fingerprint density at radius 2 is 2.37 bits per heavy atom. The summed E-state index contributed by atoms with van der Waals surface area (Å²) in [7, 11) is 1.59. The van der Waals surface area contributed by atoms with Gasteiger partial charge in [0.1, 0.15) is 12.1 Å². The normalized spacial score (nSPS) is 20.2. The van der Waals surface area contributed by atoms with E-state index in [1.54, 1.807) is 13.2 Å². The van der Waals surface area contributed by atoms with E-state index < -0.39 is 0 Å². The number of hydrogen-bond donors (Lipinski definition) is 2. The average molecular weight is 266 g/mol. The summed E-state index contributed by atoms with van der Waals surface area (Å²) in [5.74, 6) is 1.33. The summed E-state index contributed by atoms with van der Waals surface area (Å²) in [6, 6.07) is 2.09. The van der Waals surface area contributed by atoms with E-state index in [2.05, 4.69) is 20.2 Å². The van der Waals surface area contributed by atoms with Crippen molar-refractivity contribution in [2.75, 3.05) is 38.7 Å². The molecule has 2 heterocycles. The lowest BCUT2D eigenvalue weighted by molar-refractivity contribution is 0.0940. The predicted octanol–water partition coefficient (Wildman–Crippen LogP) is 0.744. The largest absolute Gasteiger partial charge is 0.481 e. The van der Waals surface area contributed by atoms with E-state index in [-0.39, 0.29) is 6.61 Å². The van der Waals surface area contributed by atoms with Gasteiger partial charge in [-0.1, -0.05) is 6.42 Å². The van der Waals surface area contributed by atoms with Crippen LogP contribution in [-0.2, 0) is 0 Å². The van der Waals surface area contributed by atoms with Crippen molar-refractivity contribution in [3.05, 3.63) is 12.4 Å². The molecule has 0 saturated carbocycles. The Morgan fingerprint density at radius 3 is 3.16 bits per heavy atom. The molecular weight excluding hydrogens is 244 g/mol. The average Bonchev–Trinajstić information content (AvgIpc) is 2.48. The fraction of sp³-hybridized carbons (Fsp3) is 0.692. The van der Waals surface area contributed by atoms with Crippen LogP contribution in [0.1, 0.15) is 19.3 Å². The first-order valence-electron chi connectivity index (χ1n) is 6.78. The summed E-state index contributed by atoms with van der Waals surface area (Å²) in [6.07, 6.45) is 5.02. The zero-order chi connectivity index (χ0) is 13.5. The van der Waals surface area contributed by atoms with E-state index in [9.17, 15) is 5.11 Å². The van der Waals surface area contributed by atoms with Gasteiger partial charge in [-0.05, 0) is 19.4 Å². The topological polar surface area (TPSA) is 70.5 Å². The predicted molar refractivity (Wildman–Crippen MR) is 73.4 cm³/mol. The van der Waals surface area contributed by atoms with Crippen LogP contribution < -0.4 is 10.1 Å². The number of aliphatic hydroxyl groups is 1. The number of methoxy groups -OCH3 is 1. The van der Waals surface area contributed by atoms with Crippen LogP contribution in [0.3, 0.4) is 0 Å². The van der Waals surface area contributed by atoms with Gasteiger partial charge in [-0.25, -0.2) is 9.97 Å². The number of rotatable bonds is 6. The van der Waals surface area contributed by atoms with Gasteiger partial charge in [-0.15, -0.1) is 0 Å². The third-order valence-corrected chi connectivity index (χ3v) is 3.52. The van der Waals surface area contributed by atoms with Crippen molar-refractivity contribution in [2.24, 2.45) is 0 Å². The third-order valence-electron chi connectivity index (χ3n) is 3.52. The van der Waals surface area contributed by atoms with Crippen molar-refractivity contribution >= 4 is 5.82 Å². The Kier molecular flexibility index (Phi) is 5.35. The van der Waals surface area contributed by atoms with Crippen molar-refractivity contribution in [1.29, 1.82) is 0 Å². The Hall–Kier alpha value is -1.40. The number of likely N-dealkylation sites (tertiary alicyclic amines) is 1. The van der Waals surface area contributed by atoms with Crippen molar-refractivity contribution in [2.45, 2.75) is 25.3 Å². The van der Waals surface area contributed by atoms with Crippen molar-refractivity contribution < 1.29 is 9.84 Å². The second-order valence-electron chi connectivity index (χ2n) is 4.74. The van der Waals surface area contributed by atoms with Crippen LogP contribution in [0, 0.1) is 0 Å². The maximum absolute atomic E-state index is 9.35. The molecule has 1 unspecified atom stereocenters. The highest BCUT2D eigenvalue weighted by atomic mass is 16.5. The van der Waals surface area contributed by atoms with E-state index in [0.29, 0.717) is 11.9 Å². The molecule has 0 amide bonds. The second kappa shape index (κ2) is 7.25. The minimum atomic E-state index is 0.251. The first-order chi connectivity index (χ1) is 9.33. The van der Waals surface area contributed by atoms with Crippen LogP contribution in [0.4, 0.5) is 5.82 Å². The van der Waals surface area contributed by atoms with Gasteiger partial charge >= 0.3 is 0 Å². The van der Waals surface area contributed by atoms with Gasteiger partial charge in [0.05, 0.1) is 13.7 Å². The van der Waals surface area contributed by atoms with E-state index in [1.165, 1.54) is 19.2 Å². The highest BCUT2D eigenvalue weighted by Crippen LogP contribution is 2.16. The molecule has 106 valence electrons. The highest BCUT2D eigenvalue weighted by Gasteiger charge is 2.20. The maximum atomic E-state index is 9.35. The lowest BCUT2D eigenvalue weighted by Gasteiger charge is -2.34. The molecule has 6 nitrogen and oxygen atoms in total.